The van der Waals surface area contributed by atoms with Gasteiger partial charge in [-0.25, -0.2) is 0 Å². The fourth-order valence-corrected chi connectivity index (χ4v) is 1.33. The summed E-state index contributed by atoms with van der Waals surface area (Å²) in [7, 11) is 0. The largest absolute Gasteiger partial charge is 0.398 e. The first kappa shape index (κ1) is 10.6. The van der Waals surface area contributed by atoms with Crippen molar-refractivity contribution in [1.82, 2.24) is 0 Å². The molecule has 14 heavy (non-hydrogen) atoms. The number of terminal acetylenes is 1. The third-order valence-corrected chi connectivity index (χ3v) is 2.60. The van der Waals surface area contributed by atoms with E-state index in [0.29, 0.717) is 5.69 Å². The summed E-state index contributed by atoms with van der Waals surface area (Å²) in [5.74, 6) is 2.19. The van der Waals surface area contributed by atoms with Crippen LogP contribution in [0.2, 0.25) is 0 Å². The summed E-state index contributed by atoms with van der Waals surface area (Å²) >= 11 is 0. The van der Waals surface area contributed by atoms with Crippen molar-refractivity contribution >= 4 is 5.69 Å². The van der Waals surface area contributed by atoms with Crippen molar-refractivity contribution in [2.24, 2.45) is 0 Å². The lowest BCUT2D eigenvalue weighted by Gasteiger charge is -2.26. The number of anilines is 1. The highest BCUT2D eigenvalue weighted by Gasteiger charge is 2.28. The minimum Gasteiger partial charge on any atom is -0.398 e. The molecule has 0 aliphatic rings. The van der Waals surface area contributed by atoms with Crippen molar-refractivity contribution in [2.75, 3.05) is 5.73 Å². The highest BCUT2D eigenvalue weighted by atomic mass is 16.3. The van der Waals surface area contributed by atoms with Gasteiger partial charge in [0.1, 0.15) is 5.60 Å². The minimum absolute atomic E-state index is 0.173. The molecule has 0 aliphatic carbocycles. The second-order valence-electron chi connectivity index (χ2n) is 3.64. The van der Waals surface area contributed by atoms with Gasteiger partial charge in [0.25, 0.3) is 0 Å². The quantitative estimate of drug-likeness (QED) is 0.550. The highest BCUT2D eigenvalue weighted by molar-refractivity contribution is 5.49. The molecule has 0 saturated heterocycles. The van der Waals surface area contributed by atoms with Crippen molar-refractivity contribution in [3.63, 3.8) is 0 Å². The second kappa shape index (κ2) is 3.73. The molecule has 1 aromatic carbocycles. The Bertz CT molecular complexity index is 363. The van der Waals surface area contributed by atoms with E-state index in [9.17, 15) is 5.11 Å². The van der Waals surface area contributed by atoms with E-state index in [2.05, 4.69) is 5.92 Å². The van der Waals surface area contributed by atoms with Gasteiger partial charge in [0, 0.05) is 11.6 Å². The van der Waals surface area contributed by atoms with E-state index in [1.165, 1.54) is 0 Å². The standard InChI is InChI=1S/C12H15NO/c1-4-12(3,14)9(2)10-7-5-6-8-11(10)13/h1,5-9,14H,13H2,2-3H3. The third kappa shape index (κ3) is 1.89. The molecule has 0 amide bonds. The molecule has 3 N–H and O–H groups in total. The summed E-state index contributed by atoms with van der Waals surface area (Å²) in [5.41, 5.74) is 6.18. The Morgan fingerprint density at radius 2 is 2.07 bits per heavy atom. The van der Waals surface area contributed by atoms with E-state index in [4.69, 9.17) is 12.2 Å². The van der Waals surface area contributed by atoms with Gasteiger partial charge in [-0.15, -0.1) is 6.42 Å². The zero-order valence-electron chi connectivity index (χ0n) is 8.49. The van der Waals surface area contributed by atoms with Gasteiger partial charge in [0.15, 0.2) is 0 Å². The van der Waals surface area contributed by atoms with Gasteiger partial charge in [-0.3, -0.25) is 0 Å². The Morgan fingerprint density at radius 3 is 2.57 bits per heavy atom. The van der Waals surface area contributed by atoms with E-state index in [1.54, 1.807) is 13.0 Å². The molecule has 1 rings (SSSR count). The van der Waals surface area contributed by atoms with Crippen molar-refractivity contribution < 1.29 is 5.11 Å². The molecule has 2 nitrogen and oxygen atoms in total. The van der Waals surface area contributed by atoms with E-state index in [0.717, 1.165) is 5.56 Å². The van der Waals surface area contributed by atoms with Gasteiger partial charge < -0.3 is 10.8 Å². The van der Waals surface area contributed by atoms with Crippen LogP contribution in [-0.4, -0.2) is 10.7 Å². The lowest BCUT2D eigenvalue weighted by molar-refractivity contribution is 0.0970. The molecule has 0 radical (unpaired) electrons. The first-order valence-corrected chi connectivity index (χ1v) is 4.53. The van der Waals surface area contributed by atoms with Crippen LogP contribution in [0.5, 0.6) is 0 Å². The molecular formula is C12H15NO. The summed E-state index contributed by atoms with van der Waals surface area (Å²) in [5, 5.41) is 9.88. The first-order chi connectivity index (χ1) is 6.49. The Balaban J connectivity index is 3.08. The zero-order valence-corrected chi connectivity index (χ0v) is 8.49. The Hall–Kier alpha value is -1.46. The molecule has 0 heterocycles. The van der Waals surface area contributed by atoms with E-state index in [1.807, 2.05) is 25.1 Å². The van der Waals surface area contributed by atoms with Crippen molar-refractivity contribution in [1.29, 1.82) is 0 Å². The fourth-order valence-electron chi connectivity index (χ4n) is 1.33. The number of nitrogen functional groups attached to an aromatic ring is 1. The van der Waals surface area contributed by atoms with Crippen LogP contribution in [0, 0.1) is 12.3 Å². The van der Waals surface area contributed by atoms with E-state index < -0.39 is 5.60 Å². The number of aliphatic hydroxyl groups is 1. The number of hydrogen-bond donors (Lipinski definition) is 2. The predicted octanol–water partition coefficient (Wildman–Crippen LogP) is 1.76. The van der Waals surface area contributed by atoms with Crippen molar-refractivity contribution in [3.8, 4) is 12.3 Å². The maximum atomic E-state index is 9.88. The predicted molar refractivity (Wildman–Crippen MR) is 58.7 cm³/mol. The van der Waals surface area contributed by atoms with Gasteiger partial charge in [-0.2, -0.15) is 0 Å². The van der Waals surface area contributed by atoms with Crippen molar-refractivity contribution in [2.45, 2.75) is 25.4 Å². The van der Waals surface area contributed by atoms with Crippen LogP contribution in [0.4, 0.5) is 5.69 Å². The van der Waals surface area contributed by atoms with Crippen LogP contribution in [0.1, 0.15) is 25.3 Å². The molecule has 0 spiro atoms. The van der Waals surface area contributed by atoms with Crippen LogP contribution in [0.3, 0.4) is 0 Å². The Kier molecular flexibility index (Phi) is 2.83. The van der Waals surface area contributed by atoms with Gasteiger partial charge in [-0.1, -0.05) is 31.0 Å². The van der Waals surface area contributed by atoms with Gasteiger partial charge in [0.2, 0.25) is 0 Å². The fraction of sp³-hybridized carbons (Fsp3) is 0.333. The lowest BCUT2D eigenvalue weighted by atomic mass is 9.85. The van der Waals surface area contributed by atoms with Crippen LogP contribution >= 0.6 is 0 Å². The number of rotatable bonds is 2. The highest BCUT2D eigenvalue weighted by Crippen LogP contribution is 2.30. The molecule has 2 atom stereocenters. The molecule has 2 heteroatoms. The summed E-state index contributed by atoms with van der Waals surface area (Å²) in [6, 6.07) is 7.43. The zero-order chi connectivity index (χ0) is 10.8. The number of nitrogens with two attached hydrogens (primary N) is 1. The van der Waals surface area contributed by atoms with Gasteiger partial charge in [0.05, 0.1) is 0 Å². The third-order valence-electron chi connectivity index (χ3n) is 2.60. The second-order valence-corrected chi connectivity index (χ2v) is 3.64. The average molecular weight is 189 g/mol. The maximum Gasteiger partial charge on any atom is 0.129 e. The van der Waals surface area contributed by atoms with Gasteiger partial charge >= 0.3 is 0 Å². The maximum absolute atomic E-state index is 9.88. The minimum atomic E-state index is -1.16. The lowest BCUT2D eigenvalue weighted by Crippen LogP contribution is -2.29. The van der Waals surface area contributed by atoms with Crippen LogP contribution in [0.15, 0.2) is 24.3 Å². The Morgan fingerprint density at radius 1 is 1.50 bits per heavy atom. The molecule has 0 aromatic heterocycles. The molecule has 2 unspecified atom stereocenters. The molecule has 0 bridgehead atoms. The van der Waals surface area contributed by atoms with Crippen LogP contribution in [-0.2, 0) is 0 Å². The monoisotopic (exact) mass is 189 g/mol. The smallest absolute Gasteiger partial charge is 0.129 e. The number of hydrogen-bond acceptors (Lipinski definition) is 2. The Labute approximate surface area is 84.8 Å². The molecule has 0 fully saturated rings. The van der Waals surface area contributed by atoms with Crippen LogP contribution in [0.25, 0.3) is 0 Å². The summed E-state index contributed by atoms with van der Waals surface area (Å²) in [4.78, 5) is 0. The normalized spacial score (nSPS) is 16.7. The van der Waals surface area contributed by atoms with Crippen LogP contribution < -0.4 is 5.73 Å². The number of benzene rings is 1. The molecule has 1 aromatic rings. The summed E-state index contributed by atoms with van der Waals surface area (Å²) in [6.45, 7) is 3.48. The SMILES string of the molecule is C#CC(C)(O)C(C)c1ccccc1N. The molecule has 0 aliphatic heterocycles. The number of para-hydroxylation sites is 1. The topological polar surface area (TPSA) is 46.2 Å². The first-order valence-electron chi connectivity index (χ1n) is 4.53. The molecule has 0 saturated carbocycles. The summed E-state index contributed by atoms with van der Waals surface area (Å²) in [6.07, 6.45) is 5.25. The summed E-state index contributed by atoms with van der Waals surface area (Å²) < 4.78 is 0. The molecule has 74 valence electrons. The molecular weight excluding hydrogens is 174 g/mol. The van der Waals surface area contributed by atoms with E-state index in [-0.39, 0.29) is 5.92 Å². The van der Waals surface area contributed by atoms with E-state index >= 15 is 0 Å². The van der Waals surface area contributed by atoms with Gasteiger partial charge in [-0.05, 0) is 18.6 Å². The van der Waals surface area contributed by atoms with Crippen molar-refractivity contribution in [3.05, 3.63) is 29.8 Å². The average Bonchev–Trinajstić information content (AvgIpc) is 2.17.